The lowest BCUT2D eigenvalue weighted by atomic mass is 10.1. The maximum atomic E-state index is 10.8. The Balaban J connectivity index is 1.79. The third kappa shape index (κ3) is 2.68. The van der Waals surface area contributed by atoms with Crippen molar-refractivity contribution in [3.63, 3.8) is 0 Å². The first-order chi connectivity index (χ1) is 10.1. The third-order valence-electron chi connectivity index (χ3n) is 3.08. The maximum Gasteiger partial charge on any atom is 0.335 e. The Labute approximate surface area is 125 Å². The van der Waals surface area contributed by atoms with Crippen molar-refractivity contribution in [1.29, 1.82) is 0 Å². The summed E-state index contributed by atoms with van der Waals surface area (Å²) in [6.45, 7) is 0.347. The van der Waals surface area contributed by atoms with Crippen molar-refractivity contribution in [3.05, 3.63) is 58.6 Å². The van der Waals surface area contributed by atoms with E-state index in [9.17, 15) is 4.79 Å². The Kier molecular flexibility index (Phi) is 3.50. The molecule has 0 saturated heterocycles. The molecule has 2 aromatic rings. The van der Waals surface area contributed by atoms with E-state index in [0.29, 0.717) is 23.1 Å². The van der Waals surface area contributed by atoms with Crippen LogP contribution in [0, 0.1) is 0 Å². The van der Waals surface area contributed by atoms with E-state index in [0.717, 1.165) is 11.3 Å². The summed E-state index contributed by atoms with van der Waals surface area (Å²) in [6.07, 6.45) is 0. The number of hydrazone groups is 1. The van der Waals surface area contributed by atoms with Crippen molar-refractivity contribution < 1.29 is 14.6 Å². The second-order valence-corrected chi connectivity index (χ2v) is 4.87. The van der Waals surface area contributed by atoms with E-state index in [-0.39, 0.29) is 5.56 Å². The van der Waals surface area contributed by atoms with E-state index in [4.69, 9.17) is 21.4 Å². The molecule has 0 bridgehead atoms. The molecule has 0 unspecified atom stereocenters. The second-order valence-electron chi connectivity index (χ2n) is 4.46. The highest BCUT2D eigenvalue weighted by atomic mass is 35.5. The lowest BCUT2D eigenvalue weighted by Crippen LogP contribution is -2.05. The highest BCUT2D eigenvalue weighted by molar-refractivity contribution is 6.33. The number of nitrogens with zero attached hydrogens (tertiary/aromatic N) is 1. The molecule has 1 aliphatic heterocycles. The van der Waals surface area contributed by atoms with Crippen molar-refractivity contribution in [2.45, 2.75) is 0 Å². The first-order valence-corrected chi connectivity index (χ1v) is 6.60. The number of carbonyl (C=O) groups is 1. The largest absolute Gasteiger partial charge is 0.485 e. The van der Waals surface area contributed by atoms with Gasteiger partial charge < -0.3 is 9.84 Å². The molecule has 0 aromatic heterocycles. The monoisotopic (exact) mass is 302 g/mol. The van der Waals surface area contributed by atoms with E-state index in [1.807, 2.05) is 12.1 Å². The fraction of sp³-hybridized carbons (Fsp3) is 0.0667. The quantitative estimate of drug-likeness (QED) is 0.854. The van der Waals surface area contributed by atoms with E-state index < -0.39 is 5.97 Å². The van der Waals surface area contributed by atoms with Crippen LogP contribution in [0.25, 0.3) is 0 Å². The zero-order valence-corrected chi connectivity index (χ0v) is 11.6. The summed E-state index contributed by atoms with van der Waals surface area (Å²) >= 11 is 6.04. The minimum absolute atomic E-state index is 0.231. The normalized spacial score (nSPS) is 14.6. The number of anilines is 1. The van der Waals surface area contributed by atoms with Crippen LogP contribution in [0.15, 0.2) is 47.6 Å². The van der Waals surface area contributed by atoms with Crippen LogP contribution in [-0.4, -0.2) is 23.4 Å². The van der Waals surface area contributed by atoms with Gasteiger partial charge in [0.05, 0.1) is 16.3 Å². The van der Waals surface area contributed by atoms with Crippen LogP contribution in [-0.2, 0) is 0 Å². The van der Waals surface area contributed by atoms with Gasteiger partial charge in [-0.2, -0.15) is 5.10 Å². The molecule has 2 N–H and O–H groups in total. The number of para-hydroxylation sites is 1. The SMILES string of the molecule is O=C(O)c1ccc(N/N=C2\COc3c(Cl)cccc32)cc1. The average molecular weight is 303 g/mol. The lowest BCUT2D eigenvalue weighted by Gasteiger charge is -2.02. The molecule has 106 valence electrons. The van der Waals surface area contributed by atoms with Gasteiger partial charge in [0.25, 0.3) is 0 Å². The summed E-state index contributed by atoms with van der Waals surface area (Å²) in [7, 11) is 0. The molecule has 0 fully saturated rings. The van der Waals surface area contributed by atoms with Crippen LogP contribution in [0.4, 0.5) is 5.69 Å². The standard InChI is InChI=1S/C15H11ClN2O3/c16-12-3-1-2-11-13(8-21-14(11)12)18-17-10-6-4-9(5-7-10)15(19)20/h1-7,17H,8H2,(H,19,20)/b18-13+. The Morgan fingerprint density at radius 2 is 2.00 bits per heavy atom. The van der Waals surface area contributed by atoms with Gasteiger partial charge in [-0.1, -0.05) is 17.7 Å². The number of nitrogens with one attached hydrogen (secondary N) is 1. The number of hydrogen-bond acceptors (Lipinski definition) is 4. The molecule has 0 saturated carbocycles. The molecule has 0 aliphatic carbocycles. The summed E-state index contributed by atoms with van der Waals surface area (Å²) in [4.78, 5) is 10.8. The van der Waals surface area contributed by atoms with Gasteiger partial charge in [-0.3, -0.25) is 5.43 Å². The van der Waals surface area contributed by atoms with Crippen LogP contribution < -0.4 is 10.2 Å². The molecule has 1 heterocycles. The molecule has 5 nitrogen and oxygen atoms in total. The number of halogens is 1. The summed E-state index contributed by atoms with van der Waals surface area (Å²) in [6, 6.07) is 11.8. The predicted octanol–water partition coefficient (Wildman–Crippen LogP) is 3.25. The Morgan fingerprint density at radius 1 is 1.24 bits per heavy atom. The third-order valence-corrected chi connectivity index (χ3v) is 3.38. The van der Waals surface area contributed by atoms with Crippen LogP contribution in [0.1, 0.15) is 15.9 Å². The number of fused-ring (bicyclic) bond motifs is 1. The Morgan fingerprint density at radius 3 is 2.71 bits per heavy atom. The molecular formula is C15H11ClN2O3. The second kappa shape index (κ2) is 5.46. The van der Waals surface area contributed by atoms with E-state index >= 15 is 0 Å². The van der Waals surface area contributed by atoms with Gasteiger partial charge in [-0.15, -0.1) is 0 Å². The summed E-state index contributed by atoms with van der Waals surface area (Å²) < 4.78 is 5.50. The van der Waals surface area contributed by atoms with Crippen molar-refractivity contribution in [2.75, 3.05) is 12.0 Å². The molecule has 1 aliphatic rings. The van der Waals surface area contributed by atoms with Crippen molar-refractivity contribution in [3.8, 4) is 5.75 Å². The molecule has 0 amide bonds. The van der Waals surface area contributed by atoms with Gasteiger partial charge in [-0.05, 0) is 36.4 Å². The molecule has 0 spiro atoms. The fourth-order valence-electron chi connectivity index (χ4n) is 2.01. The van der Waals surface area contributed by atoms with E-state index in [2.05, 4.69) is 10.5 Å². The first-order valence-electron chi connectivity index (χ1n) is 6.23. The number of aromatic carboxylic acids is 1. The van der Waals surface area contributed by atoms with Crippen LogP contribution in [0.3, 0.4) is 0 Å². The zero-order chi connectivity index (χ0) is 14.8. The van der Waals surface area contributed by atoms with Gasteiger partial charge >= 0.3 is 5.97 Å². The van der Waals surface area contributed by atoms with Crippen LogP contribution >= 0.6 is 11.6 Å². The molecule has 0 radical (unpaired) electrons. The molecular weight excluding hydrogens is 292 g/mol. The number of carboxylic acid groups (broad SMARTS) is 1. The number of carboxylic acids is 1. The number of benzene rings is 2. The number of hydrogen-bond donors (Lipinski definition) is 2. The summed E-state index contributed by atoms with van der Waals surface area (Å²) in [5.74, 6) is -0.318. The Bertz CT molecular complexity index is 726. The first kappa shape index (κ1) is 13.5. The highest BCUT2D eigenvalue weighted by Crippen LogP contribution is 2.33. The van der Waals surface area contributed by atoms with Gasteiger partial charge in [0.1, 0.15) is 18.1 Å². The van der Waals surface area contributed by atoms with Crippen LogP contribution in [0.5, 0.6) is 5.75 Å². The summed E-state index contributed by atoms with van der Waals surface area (Å²) in [5, 5.41) is 13.7. The van der Waals surface area contributed by atoms with Gasteiger partial charge in [0.15, 0.2) is 0 Å². The van der Waals surface area contributed by atoms with Crippen molar-refractivity contribution in [2.24, 2.45) is 5.10 Å². The smallest absolute Gasteiger partial charge is 0.335 e. The van der Waals surface area contributed by atoms with Gasteiger partial charge in [0.2, 0.25) is 0 Å². The van der Waals surface area contributed by atoms with Gasteiger partial charge in [-0.25, -0.2) is 4.79 Å². The van der Waals surface area contributed by atoms with Gasteiger partial charge in [0, 0.05) is 5.56 Å². The number of ether oxygens (including phenoxy) is 1. The molecule has 0 atom stereocenters. The minimum atomic E-state index is -0.958. The zero-order valence-electron chi connectivity index (χ0n) is 10.8. The topological polar surface area (TPSA) is 70.9 Å². The number of rotatable bonds is 3. The van der Waals surface area contributed by atoms with Crippen LogP contribution in [0.2, 0.25) is 5.02 Å². The molecule has 2 aromatic carbocycles. The fourth-order valence-corrected chi connectivity index (χ4v) is 2.24. The molecule has 3 rings (SSSR count). The molecule has 21 heavy (non-hydrogen) atoms. The lowest BCUT2D eigenvalue weighted by molar-refractivity contribution is 0.0697. The highest BCUT2D eigenvalue weighted by Gasteiger charge is 2.21. The maximum absolute atomic E-state index is 10.8. The average Bonchev–Trinajstić information content (AvgIpc) is 2.90. The Hall–Kier alpha value is -2.53. The molecule has 6 heteroatoms. The predicted molar refractivity (Wildman–Crippen MR) is 80.5 cm³/mol. The minimum Gasteiger partial charge on any atom is -0.485 e. The van der Waals surface area contributed by atoms with Crippen molar-refractivity contribution in [1.82, 2.24) is 0 Å². The summed E-state index contributed by atoms with van der Waals surface area (Å²) in [5.41, 5.74) is 5.42. The van der Waals surface area contributed by atoms with E-state index in [1.165, 1.54) is 12.1 Å². The van der Waals surface area contributed by atoms with E-state index in [1.54, 1.807) is 18.2 Å². The van der Waals surface area contributed by atoms with Crippen molar-refractivity contribution >= 4 is 29.0 Å².